The number of nitrogens with zero attached hydrogens (tertiary/aromatic N) is 1. The molecular weight excluding hydrogens is 404 g/mol. The SMILES string of the molecule is CCOC.O=CN1CCc2c([nH]c3ccc(Br)cc23)C1Cc1ccccc1. The molecule has 0 fully saturated rings. The second kappa shape index (κ2) is 9.20. The van der Waals surface area contributed by atoms with Gasteiger partial charge in [0.15, 0.2) is 0 Å². The minimum atomic E-state index is 0.0739. The molecule has 142 valence electrons. The van der Waals surface area contributed by atoms with Crippen LogP contribution in [0.4, 0.5) is 0 Å². The fourth-order valence-electron chi connectivity index (χ4n) is 3.54. The number of amides is 1. The molecule has 2 aromatic carbocycles. The van der Waals surface area contributed by atoms with E-state index < -0.39 is 0 Å². The van der Waals surface area contributed by atoms with Crippen LogP contribution in [0.2, 0.25) is 0 Å². The van der Waals surface area contributed by atoms with Crippen LogP contribution in [-0.4, -0.2) is 36.6 Å². The average Bonchev–Trinajstić information content (AvgIpc) is 3.07. The van der Waals surface area contributed by atoms with Gasteiger partial charge in [-0.05, 0) is 49.1 Å². The molecule has 5 heteroatoms. The molecule has 0 bridgehead atoms. The lowest BCUT2D eigenvalue weighted by Gasteiger charge is -2.33. The molecule has 0 aliphatic carbocycles. The third-order valence-corrected chi connectivity index (χ3v) is 5.44. The lowest BCUT2D eigenvalue weighted by molar-refractivity contribution is -0.120. The number of halogens is 1. The number of nitrogens with one attached hydrogen (secondary N) is 1. The lowest BCUT2D eigenvalue weighted by atomic mass is 9.93. The summed E-state index contributed by atoms with van der Waals surface area (Å²) in [5.41, 5.74) is 4.92. The number of aromatic nitrogens is 1. The lowest BCUT2D eigenvalue weighted by Crippen LogP contribution is -2.35. The van der Waals surface area contributed by atoms with Gasteiger partial charge in [-0.2, -0.15) is 0 Å². The molecule has 1 atom stereocenters. The summed E-state index contributed by atoms with van der Waals surface area (Å²) in [5, 5.41) is 1.26. The van der Waals surface area contributed by atoms with Crippen LogP contribution >= 0.6 is 15.9 Å². The van der Waals surface area contributed by atoms with Gasteiger partial charge in [-0.1, -0.05) is 46.3 Å². The fraction of sp³-hybridized carbons (Fsp3) is 0.318. The zero-order chi connectivity index (χ0) is 19.2. The number of H-pyrrole nitrogens is 1. The summed E-state index contributed by atoms with van der Waals surface area (Å²) in [7, 11) is 1.68. The van der Waals surface area contributed by atoms with Crippen LogP contribution in [0.15, 0.2) is 53.0 Å². The maximum atomic E-state index is 11.5. The number of ether oxygens (including phenoxy) is 1. The van der Waals surface area contributed by atoms with E-state index in [1.807, 2.05) is 36.1 Å². The summed E-state index contributed by atoms with van der Waals surface area (Å²) in [4.78, 5) is 17.0. The molecule has 1 aromatic heterocycles. The quantitative estimate of drug-likeness (QED) is 0.601. The van der Waals surface area contributed by atoms with Gasteiger partial charge in [0.05, 0.1) is 6.04 Å². The Kier molecular flexibility index (Phi) is 6.69. The van der Waals surface area contributed by atoms with Gasteiger partial charge in [0, 0.05) is 41.3 Å². The van der Waals surface area contributed by atoms with Gasteiger partial charge in [-0.25, -0.2) is 0 Å². The van der Waals surface area contributed by atoms with Gasteiger partial charge in [-0.15, -0.1) is 0 Å². The molecule has 0 radical (unpaired) electrons. The van der Waals surface area contributed by atoms with E-state index in [4.69, 9.17) is 0 Å². The largest absolute Gasteiger partial charge is 0.385 e. The van der Waals surface area contributed by atoms with Crippen molar-refractivity contribution in [3.8, 4) is 0 Å². The summed E-state index contributed by atoms with van der Waals surface area (Å²) in [6, 6.07) is 16.8. The van der Waals surface area contributed by atoms with E-state index in [0.717, 1.165) is 42.4 Å². The first-order chi connectivity index (χ1) is 13.2. The number of carbonyl (C=O) groups is 1. The summed E-state index contributed by atoms with van der Waals surface area (Å²) in [6.45, 7) is 3.55. The third-order valence-electron chi connectivity index (χ3n) is 4.95. The molecule has 1 aliphatic heterocycles. The molecule has 4 nitrogen and oxygen atoms in total. The van der Waals surface area contributed by atoms with Crippen molar-refractivity contribution in [3.05, 3.63) is 69.8 Å². The molecule has 0 saturated carbocycles. The molecule has 4 rings (SSSR count). The number of hydrogen-bond donors (Lipinski definition) is 1. The predicted octanol–water partition coefficient (Wildman–Crippen LogP) is 4.88. The average molecular weight is 429 g/mol. The van der Waals surface area contributed by atoms with E-state index in [2.05, 4.69) is 49.9 Å². The number of methoxy groups -OCH3 is 1. The Labute approximate surface area is 168 Å². The molecule has 1 aliphatic rings. The maximum Gasteiger partial charge on any atom is 0.210 e. The van der Waals surface area contributed by atoms with Crippen molar-refractivity contribution in [2.24, 2.45) is 0 Å². The van der Waals surface area contributed by atoms with Gasteiger partial charge in [0.25, 0.3) is 0 Å². The fourth-order valence-corrected chi connectivity index (χ4v) is 3.90. The van der Waals surface area contributed by atoms with E-state index in [0.29, 0.717) is 0 Å². The highest BCUT2D eigenvalue weighted by Gasteiger charge is 2.29. The van der Waals surface area contributed by atoms with Crippen LogP contribution in [0.25, 0.3) is 10.9 Å². The Morgan fingerprint density at radius 1 is 1.26 bits per heavy atom. The zero-order valence-electron chi connectivity index (χ0n) is 15.7. The summed E-state index contributed by atoms with van der Waals surface area (Å²) < 4.78 is 5.63. The first-order valence-corrected chi connectivity index (χ1v) is 10.0. The first kappa shape index (κ1) is 19.6. The van der Waals surface area contributed by atoms with Crippen molar-refractivity contribution in [3.63, 3.8) is 0 Å². The van der Waals surface area contributed by atoms with Crippen LogP contribution < -0.4 is 0 Å². The van der Waals surface area contributed by atoms with Crippen molar-refractivity contribution < 1.29 is 9.53 Å². The summed E-state index contributed by atoms with van der Waals surface area (Å²) in [5.74, 6) is 0. The first-order valence-electron chi connectivity index (χ1n) is 9.21. The number of hydrogen-bond acceptors (Lipinski definition) is 2. The van der Waals surface area contributed by atoms with E-state index in [-0.39, 0.29) is 6.04 Å². The number of aromatic amines is 1. The van der Waals surface area contributed by atoms with Crippen molar-refractivity contribution in [2.75, 3.05) is 20.3 Å². The normalized spacial score (nSPS) is 15.8. The number of rotatable bonds is 4. The van der Waals surface area contributed by atoms with E-state index in [9.17, 15) is 4.79 Å². The van der Waals surface area contributed by atoms with Crippen LogP contribution in [0.3, 0.4) is 0 Å². The van der Waals surface area contributed by atoms with Gasteiger partial charge in [0.2, 0.25) is 6.41 Å². The van der Waals surface area contributed by atoms with E-state index in [1.54, 1.807) is 7.11 Å². The van der Waals surface area contributed by atoms with Crippen LogP contribution in [-0.2, 0) is 22.4 Å². The molecule has 1 unspecified atom stereocenters. The minimum Gasteiger partial charge on any atom is -0.385 e. The van der Waals surface area contributed by atoms with Gasteiger partial charge in [-0.3, -0.25) is 4.79 Å². The van der Waals surface area contributed by atoms with E-state index >= 15 is 0 Å². The monoisotopic (exact) mass is 428 g/mol. The topological polar surface area (TPSA) is 45.3 Å². The number of benzene rings is 2. The van der Waals surface area contributed by atoms with E-state index in [1.165, 1.54) is 22.2 Å². The van der Waals surface area contributed by atoms with Gasteiger partial charge in [0.1, 0.15) is 0 Å². The second-order valence-corrected chi connectivity index (χ2v) is 7.50. The molecule has 0 spiro atoms. The van der Waals surface area contributed by atoms with Gasteiger partial charge < -0.3 is 14.6 Å². The smallest absolute Gasteiger partial charge is 0.210 e. The highest BCUT2D eigenvalue weighted by Crippen LogP contribution is 2.36. The highest BCUT2D eigenvalue weighted by atomic mass is 79.9. The zero-order valence-corrected chi connectivity index (χ0v) is 17.3. The van der Waals surface area contributed by atoms with Crippen LogP contribution in [0, 0.1) is 0 Å². The Balaban J connectivity index is 0.000000481. The van der Waals surface area contributed by atoms with Crippen molar-refractivity contribution in [2.45, 2.75) is 25.8 Å². The Hall–Kier alpha value is -2.11. The number of carbonyl (C=O) groups excluding carboxylic acids is 1. The van der Waals surface area contributed by atoms with Crippen molar-refractivity contribution in [1.82, 2.24) is 9.88 Å². The molecule has 1 amide bonds. The van der Waals surface area contributed by atoms with Crippen molar-refractivity contribution in [1.29, 1.82) is 0 Å². The second-order valence-electron chi connectivity index (χ2n) is 6.58. The maximum absolute atomic E-state index is 11.5. The summed E-state index contributed by atoms with van der Waals surface area (Å²) in [6.07, 6.45) is 2.72. The van der Waals surface area contributed by atoms with Crippen molar-refractivity contribution >= 4 is 33.2 Å². The molecule has 27 heavy (non-hydrogen) atoms. The third kappa shape index (κ3) is 4.42. The molecule has 3 aromatic rings. The molecule has 1 N–H and O–H groups in total. The van der Waals surface area contributed by atoms with Crippen LogP contribution in [0.1, 0.15) is 29.8 Å². The van der Waals surface area contributed by atoms with Crippen LogP contribution in [0.5, 0.6) is 0 Å². The Morgan fingerprint density at radius 3 is 2.67 bits per heavy atom. The number of fused-ring (bicyclic) bond motifs is 3. The Morgan fingerprint density at radius 2 is 2.00 bits per heavy atom. The highest BCUT2D eigenvalue weighted by molar-refractivity contribution is 9.10. The van der Waals surface area contributed by atoms with Gasteiger partial charge >= 0.3 is 0 Å². The minimum absolute atomic E-state index is 0.0739. The standard InChI is InChI=1S/C19H17BrN2O.C3H8O/c20-14-6-7-17-16(11-14)15-8-9-22(12-23)18(19(15)21-17)10-13-4-2-1-3-5-13;1-3-4-2/h1-7,11-12,18,21H,8-10H2;3H2,1-2H3. The summed E-state index contributed by atoms with van der Waals surface area (Å²) >= 11 is 3.56. The molecular formula is C22H25BrN2O2. The Bertz CT molecular complexity index is 890. The molecule has 2 heterocycles. The molecule has 0 saturated heterocycles. The predicted molar refractivity (Wildman–Crippen MR) is 113 cm³/mol.